The Morgan fingerprint density at radius 3 is 2.23 bits per heavy atom. The van der Waals surface area contributed by atoms with Crippen molar-refractivity contribution in [2.45, 2.75) is 121 Å². The fourth-order valence-electron chi connectivity index (χ4n) is 7.70. The first-order valence-electron chi connectivity index (χ1n) is 19.0. The molecule has 1 aromatic carbocycles. The minimum atomic E-state index is -0.861. The van der Waals surface area contributed by atoms with Crippen LogP contribution in [0.15, 0.2) is 30.3 Å². The Hall–Kier alpha value is -2.99. The fraction of sp³-hybridized carbons (Fsp3) is 0.675. The van der Waals surface area contributed by atoms with Crippen molar-refractivity contribution in [3.63, 3.8) is 0 Å². The third kappa shape index (κ3) is 11.5. The van der Waals surface area contributed by atoms with Crippen LogP contribution in [0, 0.1) is 23.7 Å². The van der Waals surface area contributed by atoms with Crippen molar-refractivity contribution in [1.29, 1.82) is 0 Å². The van der Waals surface area contributed by atoms with Crippen LogP contribution in [0.4, 0.5) is 0 Å². The van der Waals surface area contributed by atoms with Gasteiger partial charge < -0.3 is 15.0 Å². The Bertz CT molecular complexity index is 1440. The minimum Gasteiger partial charge on any atom is -0.465 e. The molecular formula is C40H56N2O8S2. The number of ketones is 4. The lowest BCUT2D eigenvalue weighted by atomic mass is 9.77. The summed E-state index contributed by atoms with van der Waals surface area (Å²) in [5, 5.41) is 2.67. The average Bonchev–Trinajstić information content (AvgIpc) is 3.77. The highest BCUT2D eigenvalue weighted by Crippen LogP contribution is 2.52. The van der Waals surface area contributed by atoms with E-state index in [2.05, 4.69) is 5.32 Å². The first kappa shape index (κ1) is 41.8. The van der Waals surface area contributed by atoms with Crippen LogP contribution in [-0.2, 0) is 38.3 Å². The molecule has 4 atom stereocenters. The molecular weight excluding hydrogens is 701 g/mol. The van der Waals surface area contributed by atoms with Gasteiger partial charge in [-0.2, -0.15) is 0 Å². The van der Waals surface area contributed by atoms with E-state index >= 15 is 0 Å². The predicted octanol–water partition coefficient (Wildman–Crippen LogP) is 6.29. The Balaban J connectivity index is 1.45. The summed E-state index contributed by atoms with van der Waals surface area (Å²) in [5.41, 5.74) is 0.624. The molecule has 286 valence electrons. The van der Waals surface area contributed by atoms with E-state index in [9.17, 15) is 33.6 Å². The van der Waals surface area contributed by atoms with Crippen molar-refractivity contribution in [3.05, 3.63) is 35.9 Å². The number of carbonyl (C=O) groups is 7. The van der Waals surface area contributed by atoms with Gasteiger partial charge in [0.2, 0.25) is 17.6 Å². The molecule has 2 amide bonds. The van der Waals surface area contributed by atoms with Gasteiger partial charge in [0.25, 0.3) is 0 Å². The zero-order chi connectivity index (χ0) is 37.8. The van der Waals surface area contributed by atoms with Crippen molar-refractivity contribution in [2.75, 3.05) is 24.7 Å². The van der Waals surface area contributed by atoms with Crippen LogP contribution in [0.3, 0.4) is 0 Å². The molecule has 12 heteroatoms. The first-order chi connectivity index (χ1) is 24.8. The number of benzene rings is 1. The molecule has 1 saturated carbocycles. The van der Waals surface area contributed by atoms with Crippen molar-refractivity contribution < 1.29 is 38.3 Å². The van der Waals surface area contributed by atoms with Crippen LogP contribution in [0.5, 0.6) is 0 Å². The van der Waals surface area contributed by atoms with Gasteiger partial charge in [-0.25, -0.2) is 0 Å². The van der Waals surface area contributed by atoms with Crippen molar-refractivity contribution >= 4 is 64.4 Å². The molecule has 0 aromatic heterocycles. The number of nitrogens with one attached hydrogen (secondary N) is 1. The summed E-state index contributed by atoms with van der Waals surface area (Å²) in [5.74, 6) is -2.41. The Morgan fingerprint density at radius 2 is 1.62 bits per heavy atom. The normalized spacial score (nSPS) is 20.3. The van der Waals surface area contributed by atoms with Gasteiger partial charge in [-0.1, -0.05) is 76.8 Å². The summed E-state index contributed by atoms with van der Waals surface area (Å²) in [6.07, 6.45) is 5.35. The van der Waals surface area contributed by atoms with Crippen molar-refractivity contribution in [2.24, 2.45) is 23.7 Å². The molecule has 10 nitrogen and oxygen atoms in total. The molecule has 4 rings (SSSR count). The molecule has 1 aromatic rings. The van der Waals surface area contributed by atoms with E-state index in [1.54, 1.807) is 58.8 Å². The SMILES string of the molecule is CCCC(CC(=O)[C@@H]1CC2(CN1C(=O)[C@@H](CC(=O)OCC(C)C)C1CCCCC1)SCCS2)C(=O)C(=O)CCC(=O)N[C@H](C(C)=O)c1ccccc1. The summed E-state index contributed by atoms with van der Waals surface area (Å²) in [6, 6.07) is 7.19. The Kier molecular flexibility index (Phi) is 16.0. The molecule has 1 unspecified atom stereocenters. The van der Waals surface area contributed by atoms with Crippen LogP contribution in [0.2, 0.25) is 0 Å². The number of thioether (sulfide) groups is 2. The summed E-state index contributed by atoms with van der Waals surface area (Å²) in [6.45, 7) is 7.87. The third-order valence-electron chi connectivity index (χ3n) is 10.4. The number of likely N-dealkylation sites (tertiary alicyclic amines) is 1. The quantitative estimate of drug-likeness (QED) is 0.126. The van der Waals surface area contributed by atoms with Crippen LogP contribution < -0.4 is 5.32 Å². The number of carbonyl (C=O) groups excluding carboxylic acids is 7. The van der Waals surface area contributed by atoms with Gasteiger partial charge in [-0.05, 0) is 43.6 Å². The number of Topliss-reactive ketones (excluding diaryl/α,β-unsaturated/α-hetero) is 4. The summed E-state index contributed by atoms with van der Waals surface area (Å²) in [7, 11) is 0. The maximum atomic E-state index is 14.6. The van der Waals surface area contributed by atoms with Gasteiger partial charge >= 0.3 is 5.97 Å². The molecule has 0 bridgehead atoms. The smallest absolute Gasteiger partial charge is 0.306 e. The Morgan fingerprint density at radius 1 is 0.942 bits per heavy atom. The fourth-order valence-corrected chi connectivity index (χ4v) is 11.0. The highest BCUT2D eigenvalue weighted by Gasteiger charge is 2.53. The van der Waals surface area contributed by atoms with E-state index in [0.717, 1.165) is 43.6 Å². The third-order valence-corrected chi connectivity index (χ3v) is 13.8. The summed E-state index contributed by atoms with van der Waals surface area (Å²) >= 11 is 3.53. The van der Waals surface area contributed by atoms with Gasteiger partial charge in [-0.15, -0.1) is 23.5 Å². The first-order valence-corrected chi connectivity index (χ1v) is 21.0. The van der Waals surface area contributed by atoms with E-state index in [4.69, 9.17) is 4.74 Å². The molecule has 1 spiro atoms. The van der Waals surface area contributed by atoms with Crippen LogP contribution >= 0.6 is 23.5 Å². The topological polar surface area (TPSA) is 144 Å². The zero-order valence-electron chi connectivity index (χ0n) is 31.2. The average molecular weight is 757 g/mol. The number of amides is 2. The highest BCUT2D eigenvalue weighted by molar-refractivity contribution is 8.21. The standard InChI is InChI=1S/C40H56N2O8S2/c1-5-12-30(38(48)33(44)17-18-35(46)41-37(27(4)43)29-15-10-7-11-16-29)21-34(45)32-23-40(51-19-20-52-40)25-42(32)39(49)31(28-13-8-6-9-14-28)22-36(47)50-24-26(2)3/h7,10-11,15-16,26,28,30-32,37H,5-6,8-9,12-14,17-25H2,1-4H3,(H,41,46)/t30?,31-,32-,37+/m0/s1. The Labute approximate surface area is 317 Å². The molecule has 2 saturated heterocycles. The molecule has 0 radical (unpaired) electrons. The van der Waals surface area contributed by atoms with Gasteiger partial charge in [0.15, 0.2) is 17.3 Å². The lowest BCUT2D eigenvalue weighted by Crippen LogP contribution is -2.47. The number of nitrogens with zero attached hydrogens (tertiary/aromatic N) is 1. The number of rotatable bonds is 19. The van der Waals surface area contributed by atoms with Crippen molar-refractivity contribution in [1.82, 2.24) is 10.2 Å². The largest absolute Gasteiger partial charge is 0.465 e. The molecule has 3 fully saturated rings. The predicted molar refractivity (Wildman–Crippen MR) is 204 cm³/mol. The van der Waals surface area contributed by atoms with E-state index in [1.165, 1.54) is 6.92 Å². The van der Waals surface area contributed by atoms with Gasteiger partial charge in [0, 0.05) is 49.7 Å². The molecule has 2 heterocycles. The van der Waals surface area contributed by atoms with E-state index in [0.29, 0.717) is 31.4 Å². The van der Waals surface area contributed by atoms with Crippen LogP contribution in [0.25, 0.3) is 0 Å². The second kappa shape index (κ2) is 19.9. The second-order valence-corrected chi connectivity index (χ2v) is 18.3. The number of hydrogen-bond donors (Lipinski definition) is 1. The van der Waals surface area contributed by atoms with E-state index in [-0.39, 0.29) is 65.7 Å². The van der Waals surface area contributed by atoms with E-state index in [1.807, 2.05) is 20.8 Å². The maximum Gasteiger partial charge on any atom is 0.306 e. The van der Waals surface area contributed by atoms with Gasteiger partial charge in [0.1, 0.15) is 6.04 Å². The van der Waals surface area contributed by atoms with E-state index < -0.39 is 47.4 Å². The molecule has 3 aliphatic rings. The maximum absolute atomic E-state index is 14.6. The zero-order valence-corrected chi connectivity index (χ0v) is 32.8. The van der Waals surface area contributed by atoms with Gasteiger partial charge in [0.05, 0.1) is 29.1 Å². The summed E-state index contributed by atoms with van der Waals surface area (Å²) < 4.78 is 5.20. The highest BCUT2D eigenvalue weighted by atomic mass is 32.2. The van der Waals surface area contributed by atoms with Crippen molar-refractivity contribution in [3.8, 4) is 0 Å². The lowest BCUT2D eigenvalue weighted by molar-refractivity contribution is -0.152. The van der Waals surface area contributed by atoms with Crippen LogP contribution in [0.1, 0.15) is 116 Å². The molecule has 2 aliphatic heterocycles. The minimum absolute atomic E-state index is 0.0154. The molecule has 52 heavy (non-hydrogen) atoms. The molecule has 1 aliphatic carbocycles. The van der Waals surface area contributed by atoms with Crippen LogP contribution in [-0.4, -0.2) is 80.6 Å². The summed E-state index contributed by atoms with van der Waals surface area (Å²) in [4.78, 5) is 95.2. The lowest BCUT2D eigenvalue weighted by Gasteiger charge is -2.34. The number of esters is 1. The second-order valence-electron chi connectivity index (χ2n) is 15.0. The number of ether oxygens (including phenoxy) is 1. The number of hydrogen-bond acceptors (Lipinski definition) is 10. The van der Waals surface area contributed by atoms with Gasteiger partial charge in [-0.3, -0.25) is 33.6 Å². The monoisotopic (exact) mass is 756 g/mol. The molecule has 1 N–H and O–H groups in total.